The Morgan fingerprint density at radius 2 is 1.88 bits per heavy atom. The minimum Gasteiger partial charge on any atom is -0.507 e. The van der Waals surface area contributed by atoms with E-state index in [1.807, 2.05) is 54.6 Å². The molecular weight excluding hydrogens is 410 g/mol. The van der Waals surface area contributed by atoms with Crippen molar-refractivity contribution in [3.05, 3.63) is 71.8 Å². The number of hydrogen-bond acceptors (Lipinski definition) is 5. The van der Waals surface area contributed by atoms with E-state index in [0.29, 0.717) is 18.7 Å². The van der Waals surface area contributed by atoms with E-state index in [0.717, 1.165) is 21.9 Å². The average Bonchev–Trinajstić information content (AvgIpc) is 2.81. The molecule has 3 aromatic carbocycles. The maximum absolute atomic E-state index is 11.6. The highest BCUT2D eigenvalue weighted by Crippen LogP contribution is 2.33. The number of fused-ring (bicyclic) bond motifs is 1. The molecule has 32 heavy (non-hydrogen) atoms. The first-order chi connectivity index (χ1) is 15.5. The lowest BCUT2D eigenvalue weighted by Crippen LogP contribution is -2.46. The molecule has 1 saturated heterocycles. The van der Waals surface area contributed by atoms with Crippen molar-refractivity contribution in [2.75, 3.05) is 26.3 Å². The molecule has 1 fully saturated rings. The van der Waals surface area contributed by atoms with Gasteiger partial charge in [0.25, 0.3) is 0 Å². The maximum Gasteiger partial charge on any atom is 0.407 e. The number of benzene rings is 3. The van der Waals surface area contributed by atoms with Gasteiger partial charge in [0.2, 0.25) is 0 Å². The van der Waals surface area contributed by atoms with Crippen LogP contribution in [0.4, 0.5) is 4.79 Å². The molecule has 1 aliphatic heterocycles. The first-order valence-electron chi connectivity index (χ1n) is 10.7. The second kappa shape index (κ2) is 9.89. The molecule has 0 radical (unpaired) electrons. The summed E-state index contributed by atoms with van der Waals surface area (Å²) in [5.41, 5.74) is 1.89. The molecule has 168 valence electrons. The molecule has 2 atom stereocenters. The predicted molar refractivity (Wildman–Crippen MR) is 120 cm³/mol. The zero-order valence-electron chi connectivity index (χ0n) is 17.7. The van der Waals surface area contributed by atoms with Crippen molar-refractivity contribution >= 4 is 16.9 Å². The lowest BCUT2D eigenvalue weighted by Gasteiger charge is -2.37. The van der Waals surface area contributed by atoms with E-state index in [-0.39, 0.29) is 44.1 Å². The van der Waals surface area contributed by atoms with Crippen LogP contribution in [0, 0.1) is 0 Å². The van der Waals surface area contributed by atoms with Crippen molar-refractivity contribution in [2.45, 2.75) is 25.0 Å². The Kier molecular flexibility index (Phi) is 6.78. The number of piperidine rings is 1. The van der Waals surface area contributed by atoms with Gasteiger partial charge in [0, 0.05) is 17.8 Å². The van der Waals surface area contributed by atoms with E-state index in [9.17, 15) is 15.0 Å². The number of rotatable bonds is 7. The SMILES string of the molecule is O=C(O)N1CCC(c2ccc(OCCO)cc2)C(OCc2cc(O)c3ccccc3c2)C1. The van der Waals surface area contributed by atoms with Crippen LogP contribution in [-0.4, -0.2) is 58.7 Å². The van der Waals surface area contributed by atoms with E-state index in [2.05, 4.69) is 0 Å². The average molecular weight is 437 g/mol. The molecule has 0 saturated carbocycles. The number of phenolic OH excluding ortho intramolecular Hbond substituents is 1. The van der Waals surface area contributed by atoms with Crippen LogP contribution >= 0.6 is 0 Å². The van der Waals surface area contributed by atoms with Gasteiger partial charge in [-0.1, -0.05) is 36.4 Å². The number of aliphatic hydroxyl groups excluding tert-OH is 1. The summed E-state index contributed by atoms with van der Waals surface area (Å²) < 4.78 is 11.7. The summed E-state index contributed by atoms with van der Waals surface area (Å²) in [7, 11) is 0. The number of carbonyl (C=O) groups is 1. The zero-order valence-corrected chi connectivity index (χ0v) is 17.7. The third kappa shape index (κ3) is 4.95. The van der Waals surface area contributed by atoms with Gasteiger partial charge in [-0.2, -0.15) is 0 Å². The Labute approximate surface area is 186 Å². The van der Waals surface area contributed by atoms with Gasteiger partial charge in [0.05, 0.1) is 25.9 Å². The summed E-state index contributed by atoms with van der Waals surface area (Å²) in [6.45, 7) is 1.18. The van der Waals surface area contributed by atoms with Crippen LogP contribution in [0.15, 0.2) is 60.7 Å². The molecular formula is C25H27NO6. The normalized spacial score (nSPS) is 18.6. The molecule has 1 amide bonds. The standard InChI is InChI=1S/C25H27NO6/c27-11-12-31-20-7-5-18(6-8-20)22-9-10-26(25(29)30)15-24(22)32-16-17-13-19-3-1-2-4-21(19)23(28)14-17/h1-8,13-14,22,24,27-28H,9-12,15-16H2,(H,29,30). The number of phenols is 1. The van der Waals surface area contributed by atoms with E-state index < -0.39 is 6.09 Å². The van der Waals surface area contributed by atoms with E-state index in [1.54, 1.807) is 6.07 Å². The molecule has 0 spiro atoms. The topological polar surface area (TPSA) is 99.5 Å². The van der Waals surface area contributed by atoms with Crippen molar-refractivity contribution < 1.29 is 29.6 Å². The van der Waals surface area contributed by atoms with Crippen LogP contribution in [0.5, 0.6) is 11.5 Å². The highest BCUT2D eigenvalue weighted by atomic mass is 16.5. The Bertz CT molecular complexity index is 1070. The minimum atomic E-state index is -0.951. The number of aliphatic hydroxyl groups is 1. The van der Waals surface area contributed by atoms with Crippen LogP contribution in [0.1, 0.15) is 23.5 Å². The predicted octanol–water partition coefficient (Wildman–Crippen LogP) is 3.97. The molecule has 3 aromatic rings. The van der Waals surface area contributed by atoms with Gasteiger partial charge in [-0.25, -0.2) is 4.79 Å². The van der Waals surface area contributed by atoms with Crippen LogP contribution in [-0.2, 0) is 11.3 Å². The maximum atomic E-state index is 11.6. The fourth-order valence-electron chi connectivity index (χ4n) is 4.25. The molecule has 0 bridgehead atoms. The molecule has 0 aromatic heterocycles. The summed E-state index contributed by atoms with van der Waals surface area (Å²) in [5, 5.41) is 30.4. The summed E-state index contributed by atoms with van der Waals surface area (Å²) in [6, 6.07) is 18.9. The van der Waals surface area contributed by atoms with E-state index in [1.165, 1.54) is 4.90 Å². The molecule has 2 unspecified atom stereocenters. The highest BCUT2D eigenvalue weighted by molar-refractivity contribution is 5.88. The Morgan fingerprint density at radius 3 is 2.62 bits per heavy atom. The van der Waals surface area contributed by atoms with Crippen molar-refractivity contribution in [1.82, 2.24) is 4.90 Å². The van der Waals surface area contributed by atoms with Gasteiger partial charge in [0.1, 0.15) is 18.1 Å². The van der Waals surface area contributed by atoms with E-state index in [4.69, 9.17) is 14.6 Å². The van der Waals surface area contributed by atoms with Gasteiger partial charge in [0.15, 0.2) is 0 Å². The van der Waals surface area contributed by atoms with Crippen molar-refractivity contribution in [2.24, 2.45) is 0 Å². The third-order valence-corrected chi connectivity index (χ3v) is 5.86. The number of nitrogens with zero attached hydrogens (tertiary/aromatic N) is 1. The number of aromatic hydroxyl groups is 1. The summed E-state index contributed by atoms with van der Waals surface area (Å²) >= 11 is 0. The molecule has 4 rings (SSSR count). The summed E-state index contributed by atoms with van der Waals surface area (Å²) in [4.78, 5) is 12.9. The summed E-state index contributed by atoms with van der Waals surface area (Å²) in [5.74, 6) is 0.911. The Hall–Kier alpha value is -3.29. The first kappa shape index (κ1) is 21.9. The fraction of sp³-hybridized carbons (Fsp3) is 0.320. The molecule has 3 N–H and O–H groups in total. The number of likely N-dealkylation sites (tertiary alicyclic amines) is 1. The number of hydrogen-bond donors (Lipinski definition) is 3. The lowest BCUT2D eigenvalue weighted by atomic mass is 9.87. The monoisotopic (exact) mass is 437 g/mol. The van der Waals surface area contributed by atoms with Gasteiger partial charge in [-0.3, -0.25) is 0 Å². The second-order valence-electron chi connectivity index (χ2n) is 7.95. The van der Waals surface area contributed by atoms with Crippen LogP contribution in [0.25, 0.3) is 10.8 Å². The van der Waals surface area contributed by atoms with Gasteiger partial charge >= 0.3 is 6.09 Å². The third-order valence-electron chi connectivity index (χ3n) is 5.86. The van der Waals surface area contributed by atoms with E-state index >= 15 is 0 Å². The number of amides is 1. The second-order valence-corrected chi connectivity index (χ2v) is 7.95. The zero-order chi connectivity index (χ0) is 22.5. The van der Waals surface area contributed by atoms with Gasteiger partial charge in [-0.05, 0) is 47.2 Å². The minimum absolute atomic E-state index is 0.0338. The highest BCUT2D eigenvalue weighted by Gasteiger charge is 2.33. The van der Waals surface area contributed by atoms with Crippen LogP contribution < -0.4 is 4.74 Å². The van der Waals surface area contributed by atoms with Crippen molar-refractivity contribution in [3.8, 4) is 11.5 Å². The largest absolute Gasteiger partial charge is 0.507 e. The molecule has 7 heteroatoms. The van der Waals surface area contributed by atoms with Gasteiger partial charge in [-0.15, -0.1) is 0 Å². The number of ether oxygens (including phenoxy) is 2. The molecule has 7 nitrogen and oxygen atoms in total. The van der Waals surface area contributed by atoms with Crippen LogP contribution in [0.3, 0.4) is 0 Å². The van der Waals surface area contributed by atoms with Crippen molar-refractivity contribution in [3.63, 3.8) is 0 Å². The first-order valence-corrected chi connectivity index (χ1v) is 10.7. The van der Waals surface area contributed by atoms with Crippen molar-refractivity contribution in [1.29, 1.82) is 0 Å². The fourth-order valence-corrected chi connectivity index (χ4v) is 4.25. The number of carboxylic acid groups (broad SMARTS) is 1. The van der Waals surface area contributed by atoms with Crippen LogP contribution in [0.2, 0.25) is 0 Å². The summed E-state index contributed by atoms with van der Waals surface area (Å²) in [6.07, 6.45) is -0.623. The Morgan fingerprint density at radius 1 is 1.09 bits per heavy atom. The lowest BCUT2D eigenvalue weighted by molar-refractivity contribution is -0.0199. The quantitative estimate of drug-likeness (QED) is 0.517. The van der Waals surface area contributed by atoms with Gasteiger partial charge < -0.3 is 29.7 Å². The molecule has 0 aliphatic carbocycles. The molecule has 1 aliphatic rings. The molecule has 1 heterocycles. The smallest absolute Gasteiger partial charge is 0.407 e. The Balaban J connectivity index is 1.51.